The van der Waals surface area contributed by atoms with Gasteiger partial charge >= 0.3 is 6.03 Å². The van der Waals surface area contributed by atoms with Crippen molar-refractivity contribution in [2.45, 2.75) is 32.4 Å². The molecule has 2 N–H and O–H groups in total. The first-order valence-electron chi connectivity index (χ1n) is 7.69. The fourth-order valence-electron chi connectivity index (χ4n) is 2.85. The average molecular weight is 319 g/mol. The van der Waals surface area contributed by atoms with Gasteiger partial charge in [-0.2, -0.15) is 0 Å². The van der Waals surface area contributed by atoms with E-state index in [9.17, 15) is 9.90 Å². The van der Waals surface area contributed by atoms with Crippen molar-refractivity contribution in [3.63, 3.8) is 0 Å². The first kappa shape index (κ1) is 15.2. The zero-order chi connectivity index (χ0) is 15.5. The number of piperidine rings is 1. The molecule has 0 aliphatic carbocycles. The van der Waals surface area contributed by atoms with Crippen LogP contribution in [0.15, 0.2) is 24.3 Å². The maximum absolute atomic E-state index is 12.3. The number of aromatic nitrogens is 1. The summed E-state index contributed by atoms with van der Waals surface area (Å²) in [6, 6.07) is 7.91. The van der Waals surface area contributed by atoms with Crippen molar-refractivity contribution in [2.75, 3.05) is 13.1 Å². The predicted octanol–water partition coefficient (Wildman–Crippen LogP) is 2.60. The molecule has 1 aromatic heterocycles. The molecule has 1 aromatic carbocycles. The van der Waals surface area contributed by atoms with Crippen LogP contribution in [0.1, 0.15) is 24.8 Å². The number of nitrogens with one attached hydrogen (secondary N) is 1. The molecular weight excluding hydrogens is 298 g/mol. The third-order valence-corrected chi connectivity index (χ3v) is 5.19. The maximum Gasteiger partial charge on any atom is 0.317 e. The van der Waals surface area contributed by atoms with E-state index in [0.29, 0.717) is 13.1 Å². The van der Waals surface area contributed by atoms with E-state index in [1.807, 2.05) is 24.3 Å². The van der Waals surface area contributed by atoms with Crippen LogP contribution in [0.25, 0.3) is 10.2 Å². The van der Waals surface area contributed by atoms with Crippen LogP contribution >= 0.6 is 11.3 Å². The molecular formula is C16H21N3O2S. The highest BCUT2D eigenvalue weighted by atomic mass is 32.1. The number of urea groups is 1. The summed E-state index contributed by atoms with van der Waals surface area (Å²) in [4.78, 5) is 18.6. The Bertz CT molecular complexity index is 623. The number of hydrogen-bond acceptors (Lipinski definition) is 4. The third kappa shape index (κ3) is 3.39. The normalized spacial score (nSPS) is 20.1. The van der Waals surface area contributed by atoms with Crippen molar-refractivity contribution in [1.29, 1.82) is 0 Å². The van der Waals surface area contributed by atoms with Crippen molar-refractivity contribution >= 4 is 27.6 Å². The van der Waals surface area contributed by atoms with E-state index in [2.05, 4.69) is 10.3 Å². The highest BCUT2D eigenvalue weighted by Crippen LogP contribution is 2.22. The number of para-hydroxylation sites is 1. The van der Waals surface area contributed by atoms with Gasteiger partial charge in [0.25, 0.3) is 0 Å². The molecule has 2 amide bonds. The molecule has 0 radical (unpaired) electrons. The molecule has 0 bridgehead atoms. The second-order valence-corrected chi connectivity index (χ2v) is 6.94. The summed E-state index contributed by atoms with van der Waals surface area (Å²) in [6.07, 6.45) is 1.57. The number of aliphatic hydroxyl groups is 1. The number of rotatable bonds is 3. The second kappa shape index (κ2) is 6.62. The first-order chi connectivity index (χ1) is 10.6. The lowest BCUT2D eigenvalue weighted by atomic mass is 9.94. The molecule has 1 aliphatic rings. The summed E-state index contributed by atoms with van der Waals surface area (Å²) in [5.74, 6) is 0.182. The van der Waals surface area contributed by atoms with E-state index in [4.69, 9.17) is 0 Å². The minimum Gasteiger partial charge on any atom is -0.393 e. The molecule has 5 nitrogen and oxygen atoms in total. The zero-order valence-corrected chi connectivity index (χ0v) is 13.5. The molecule has 1 aliphatic heterocycles. The summed E-state index contributed by atoms with van der Waals surface area (Å²) < 4.78 is 1.14. The third-order valence-electron chi connectivity index (χ3n) is 4.16. The molecule has 0 spiro atoms. The van der Waals surface area contributed by atoms with Crippen molar-refractivity contribution in [1.82, 2.24) is 15.2 Å². The number of aliphatic hydroxyl groups excluding tert-OH is 1. The van der Waals surface area contributed by atoms with E-state index < -0.39 is 0 Å². The van der Waals surface area contributed by atoms with Gasteiger partial charge in [0, 0.05) is 19.0 Å². The number of benzene rings is 1. The lowest BCUT2D eigenvalue weighted by molar-refractivity contribution is 0.0738. The quantitative estimate of drug-likeness (QED) is 0.914. The van der Waals surface area contributed by atoms with Gasteiger partial charge in [0.2, 0.25) is 0 Å². The number of hydrogen-bond donors (Lipinski definition) is 2. The van der Waals surface area contributed by atoms with E-state index in [0.717, 1.165) is 34.6 Å². The van der Waals surface area contributed by atoms with Gasteiger partial charge in [-0.05, 0) is 31.9 Å². The Morgan fingerprint density at radius 2 is 2.36 bits per heavy atom. The topological polar surface area (TPSA) is 65.5 Å². The van der Waals surface area contributed by atoms with Gasteiger partial charge < -0.3 is 15.3 Å². The molecule has 3 rings (SSSR count). The molecule has 2 unspecified atom stereocenters. The van der Waals surface area contributed by atoms with Crippen LogP contribution in [0.5, 0.6) is 0 Å². The molecule has 22 heavy (non-hydrogen) atoms. The zero-order valence-electron chi connectivity index (χ0n) is 12.7. The van der Waals surface area contributed by atoms with E-state index in [1.165, 1.54) is 0 Å². The van der Waals surface area contributed by atoms with Crippen LogP contribution in [0, 0.1) is 5.92 Å². The van der Waals surface area contributed by atoms with Gasteiger partial charge in [0.15, 0.2) is 0 Å². The van der Waals surface area contributed by atoms with Crippen molar-refractivity contribution in [3.05, 3.63) is 29.3 Å². The van der Waals surface area contributed by atoms with Crippen molar-refractivity contribution in [3.8, 4) is 0 Å². The van der Waals surface area contributed by atoms with Gasteiger partial charge in [-0.3, -0.25) is 0 Å². The summed E-state index contributed by atoms with van der Waals surface area (Å²) in [5.41, 5.74) is 0.976. The highest BCUT2D eigenvalue weighted by molar-refractivity contribution is 7.18. The van der Waals surface area contributed by atoms with Gasteiger partial charge in [-0.25, -0.2) is 9.78 Å². The van der Waals surface area contributed by atoms with Crippen LogP contribution in [0.3, 0.4) is 0 Å². The molecule has 2 heterocycles. The standard InChI is InChI=1S/C16H21N3O2S/c1-11(20)12-5-4-8-19(10-12)16(21)17-9-15-18-13-6-2-3-7-14(13)22-15/h2-3,6-7,11-12,20H,4-5,8-10H2,1H3,(H,17,21). The van der Waals surface area contributed by atoms with Crippen LogP contribution < -0.4 is 5.32 Å². The van der Waals surface area contributed by atoms with Crippen molar-refractivity contribution < 1.29 is 9.90 Å². The minimum absolute atomic E-state index is 0.0652. The molecule has 2 atom stereocenters. The summed E-state index contributed by atoms with van der Waals surface area (Å²) in [6.45, 7) is 3.64. The van der Waals surface area contributed by atoms with Gasteiger partial charge in [0.1, 0.15) is 5.01 Å². The van der Waals surface area contributed by atoms with Crippen LogP contribution in [0.2, 0.25) is 0 Å². The Kier molecular flexibility index (Phi) is 4.59. The largest absolute Gasteiger partial charge is 0.393 e. The fourth-order valence-corrected chi connectivity index (χ4v) is 3.75. The number of fused-ring (bicyclic) bond motifs is 1. The smallest absolute Gasteiger partial charge is 0.317 e. The van der Waals surface area contributed by atoms with E-state index in [1.54, 1.807) is 23.2 Å². The van der Waals surface area contributed by atoms with Crippen LogP contribution in [-0.2, 0) is 6.54 Å². The number of amides is 2. The monoisotopic (exact) mass is 319 g/mol. The highest BCUT2D eigenvalue weighted by Gasteiger charge is 2.26. The molecule has 1 fully saturated rings. The number of nitrogens with zero attached hydrogens (tertiary/aromatic N) is 2. The van der Waals surface area contributed by atoms with Crippen LogP contribution in [0.4, 0.5) is 4.79 Å². The van der Waals surface area contributed by atoms with Gasteiger partial charge in [-0.1, -0.05) is 12.1 Å². The lowest BCUT2D eigenvalue weighted by Gasteiger charge is -2.34. The average Bonchev–Trinajstić information content (AvgIpc) is 2.95. The summed E-state index contributed by atoms with van der Waals surface area (Å²) in [5, 5.41) is 13.6. The fraction of sp³-hybridized carbons (Fsp3) is 0.500. The Labute approximate surface area is 134 Å². The van der Waals surface area contributed by atoms with Crippen molar-refractivity contribution in [2.24, 2.45) is 5.92 Å². The molecule has 0 saturated carbocycles. The number of carbonyl (C=O) groups excluding carboxylic acids is 1. The van der Waals surface area contributed by atoms with Crippen LogP contribution in [-0.4, -0.2) is 40.2 Å². The second-order valence-electron chi connectivity index (χ2n) is 5.82. The lowest BCUT2D eigenvalue weighted by Crippen LogP contribution is -2.47. The molecule has 2 aromatic rings. The Balaban J connectivity index is 1.57. The van der Waals surface area contributed by atoms with Gasteiger partial charge in [-0.15, -0.1) is 11.3 Å². The number of thiazole rings is 1. The Hall–Kier alpha value is -1.66. The summed E-state index contributed by atoms with van der Waals surface area (Å²) >= 11 is 1.61. The number of carbonyl (C=O) groups is 1. The predicted molar refractivity (Wildman–Crippen MR) is 87.8 cm³/mol. The SMILES string of the molecule is CC(O)C1CCCN(C(=O)NCc2nc3ccccc3s2)C1. The Morgan fingerprint density at radius 3 is 3.14 bits per heavy atom. The van der Waals surface area contributed by atoms with E-state index in [-0.39, 0.29) is 18.1 Å². The molecule has 6 heteroatoms. The summed E-state index contributed by atoms with van der Waals surface area (Å²) in [7, 11) is 0. The maximum atomic E-state index is 12.3. The molecule has 118 valence electrons. The number of likely N-dealkylation sites (tertiary alicyclic amines) is 1. The Morgan fingerprint density at radius 1 is 1.55 bits per heavy atom. The van der Waals surface area contributed by atoms with Gasteiger partial charge in [0.05, 0.1) is 22.9 Å². The minimum atomic E-state index is -0.361. The van der Waals surface area contributed by atoms with E-state index >= 15 is 0 Å². The first-order valence-corrected chi connectivity index (χ1v) is 8.50. The molecule has 1 saturated heterocycles.